The maximum absolute atomic E-state index is 12.7. The first-order valence-electron chi connectivity index (χ1n) is 9.28. The van der Waals surface area contributed by atoms with E-state index in [4.69, 9.17) is 0 Å². The van der Waals surface area contributed by atoms with Crippen molar-refractivity contribution in [3.05, 3.63) is 41.5 Å². The van der Waals surface area contributed by atoms with Crippen LogP contribution >= 0.6 is 0 Å². The maximum Gasteiger partial charge on any atom is 0.322 e. The number of benzene rings is 1. The molecule has 6 heteroatoms. The number of anilines is 1. The first-order valence-corrected chi connectivity index (χ1v) is 9.28. The summed E-state index contributed by atoms with van der Waals surface area (Å²) in [6.07, 6.45) is 5.44. The lowest BCUT2D eigenvalue weighted by Crippen LogP contribution is -2.40. The van der Waals surface area contributed by atoms with E-state index in [1.54, 1.807) is 4.90 Å². The Labute approximate surface area is 149 Å². The van der Waals surface area contributed by atoms with Gasteiger partial charge in [-0.3, -0.25) is 4.90 Å². The highest BCUT2D eigenvalue weighted by molar-refractivity contribution is 5.91. The molecule has 0 bridgehead atoms. The van der Waals surface area contributed by atoms with Gasteiger partial charge in [-0.25, -0.2) is 4.79 Å². The molecule has 2 amide bonds. The Bertz CT molecular complexity index is 724. The van der Waals surface area contributed by atoms with E-state index in [9.17, 15) is 4.79 Å². The molecule has 0 aliphatic carbocycles. The highest BCUT2D eigenvalue weighted by Gasteiger charge is 2.21. The van der Waals surface area contributed by atoms with Crippen LogP contribution < -0.4 is 10.2 Å². The van der Waals surface area contributed by atoms with Gasteiger partial charge < -0.3 is 9.88 Å². The summed E-state index contributed by atoms with van der Waals surface area (Å²) in [6.45, 7) is 6.03. The fourth-order valence-corrected chi connectivity index (χ4v) is 3.27. The Hall–Kier alpha value is -2.37. The summed E-state index contributed by atoms with van der Waals surface area (Å²) in [5, 5.41) is 11.7. The topological polar surface area (TPSA) is 63.1 Å². The van der Waals surface area contributed by atoms with Crippen LogP contribution in [-0.4, -0.2) is 27.3 Å². The predicted molar refractivity (Wildman–Crippen MR) is 98.7 cm³/mol. The lowest BCUT2D eigenvalue weighted by molar-refractivity contribution is 0.246. The third-order valence-corrected chi connectivity index (χ3v) is 4.69. The molecule has 1 aromatic carbocycles. The Morgan fingerprint density at radius 2 is 2.12 bits per heavy atom. The van der Waals surface area contributed by atoms with Crippen LogP contribution in [0.1, 0.15) is 50.3 Å². The largest absolute Gasteiger partial charge is 0.338 e. The van der Waals surface area contributed by atoms with Crippen molar-refractivity contribution in [2.24, 2.45) is 0 Å². The van der Waals surface area contributed by atoms with E-state index in [2.05, 4.69) is 39.1 Å². The van der Waals surface area contributed by atoms with E-state index >= 15 is 0 Å². The van der Waals surface area contributed by atoms with Crippen molar-refractivity contribution in [2.45, 2.75) is 59.0 Å². The van der Waals surface area contributed by atoms with Crippen LogP contribution in [0.25, 0.3) is 0 Å². The second kappa shape index (κ2) is 8.14. The molecule has 1 N–H and O–H groups in total. The molecule has 1 aliphatic rings. The van der Waals surface area contributed by atoms with Gasteiger partial charge in [-0.2, -0.15) is 0 Å². The summed E-state index contributed by atoms with van der Waals surface area (Å²) in [5.74, 6) is 1.91. The van der Waals surface area contributed by atoms with E-state index in [1.165, 1.54) is 12.0 Å². The van der Waals surface area contributed by atoms with Gasteiger partial charge >= 0.3 is 6.03 Å². The molecule has 0 saturated heterocycles. The van der Waals surface area contributed by atoms with Crippen LogP contribution in [0.4, 0.5) is 10.5 Å². The third kappa shape index (κ3) is 4.00. The summed E-state index contributed by atoms with van der Waals surface area (Å²) in [7, 11) is 0. The van der Waals surface area contributed by atoms with Crippen LogP contribution in [0.3, 0.4) is 0 Å². The first kappa shape index (κ1) is 17.5. The molecule has 2 heterocycles. The Morgan fingerprint density at radius 3 is 2.92 bits per heavy atom. The van der Waals surface area contributed by atoms with E-state index in [0.29, 0.717) is 13.1 Å². The monoisotopic (exact) mass is 341 g/mol. The predicted octanol–water partition coefficient (Wildman–Crippen LogP) is 3.30. The highest BCUT2D eigenvalue weighted by Crippen LogP contribution is 2.21. The van der Waals surface area contributed by atoms with Gasteiger partial charge in [0.1, 0.15) is 5.82 Å². The SMILES string of the molecule is CCNC(=O)N(Cc1nnc2n1CCCCC2)c1cccc(CC)c1. The van der Waals surface area contributed by atoms with Crippen molar-refractivity contribution in [1.29, 1.82) is 0 Å². The second-order valence-electron chi connectivity index (χ2n) is 6.44. The molecule has 1 aliphatic heterocycles. The molecule has 6 nitrogen and oxygen atoms in total. The van der Waals surface area contributed by atoms with Gasteiger partial charge in [0, 0.05) is 25.2 Å². The van der Waals surface area contributed by atoms with Crippen LogP contribution in [0.15, 0.2) is 24.3 Å². The molecule has 25 heavy (non-hydrogen) atoms. The van der Waals surface area contributed by atoms with Crippen molar-refractivity contribution in [1.82, 2.24) is 20.1 Å². The van der Waals surface area contributed by atoms with E-state index in [1.807, 2.05) is 19.1 Å². The normalized spacial score (nSPS) is 13.8. The van der Waals surface area contributed by atoms with Gasteiger partial charge in [0.25, 0.3) is 0 Å². The molecule has 0 atom stereocenters. The van der Waals surface area contributed by atoms with Crippen molar-refractivity contribution in [3.8, 4) is 0 Å². The summed E-state index contributed by atoms with van der Waals surface area (Å²) >= 11 is 0. The molecule has 2 aromatic rings. The second-order valence-corrected chi connectivity index (χ2v) is 6.44. The highest BCUT2D eigenvalue weighted by atomic mass is 16.2. The summed E-state index contributed by atoms with van der Waals surface area (Å²) in [6, 6.07) is 8.05. The lowest BCUT2D eigenvalue weighted by atomic mass is 10.1. The summed E-state index contributed by atoms with van der Waals surface area (Å²) in [4.78, 5) is 14.4. The minimum Gasteiger partial charge on any atom is -0.338 e. The zero-order valence-corrected chi connectivity index (χ0v) is 15.2. The standard InChI is InChI=1S/C19H27N5O/c1-3-15-9-8-10-16(13-15)24(19(25)20-4-2)14-18-22-21-17-11-6-5-7-12-23(17)18/h8-10,13H,3-7,11-12,14H2,1-2H3,(H,20,25). The quantitative estimate of drug-likeness (QED) is 0.907. The van der Waals surface area contributed by atoms with Gasteiger partial charge in [-0.15, -0.1) is 10.2 Å². The number of rotatable bonds is 5. The number of aryl methyl sites for hydroxylation is 2. The van der Waals surface area contributed by atoms with Crippen LogP contribution in [0.5, 0.6) is 0 Å². The number of fused-ring (bicyclic) bond motifs is 1. The van der Waals surface area contributed by atoms with Crippen LogP contribution in [0, 0.1) is 0 Å². The van der Waals surface area contributed by atoms with Gasteiger partial charge in [-0.05, 0) is 43.9 Å². The number of hydrogen-bond acceptors (Lipinski definition) is 3. The fraction of sp³-hybridized carbons (Fsp3) is 0.526. The van der Waals surface area contributed by atoms with E-state index in [0.717, 1.165) is 49.6 Å². The number of nitrogens with zero attached hydrogens (tertiary/aromatic N) is 4. The Morgan fingerprint density at radius 1 is 1.24 bits per heavy atom. The van der Waals surface area contributed by atoms with Crippen LogP contribution in [-0.2, 0) is 25.9 Å². The number of amides is 2. The molecule has 0 radical (unpaired) electrons. The van der Waals surface area contributed by atoms with Gasteiger partial charge in [0.15, 0.2) is 5.82 Å². The molecule has 3 rings (SSSR count). The minimum absolute atomic E-state index is 0.0956. The van der Waals surface area contributed by atoms with E-state index < -0.39 is 0 Å². The first-order chi connectivity index (χ1) is 12.2. The zero-order valence-electron chi connectivity index (χ0n) is 15.2. The molecule has 0 fully saturated rings. The molecule has 134 valence electrons. The number of nitrogens with one attached hydrogen (secondary N) is 1. The molecule has 0 spiro atoms. The number of carbonyl (C=O) groups excluding carboxylic acids is 1. The average molecular weight is 341 g/mol. The van der Waals surface area contributed by atoms with Crippen molar-refractivity contribution >= 4 is 11.7 Å². The maximum atomic E-state index is 12.7. The number of aromatic nitrogens is 3. The zero-order chi connectivity index (χ0) is 17.6. The molecular formula is C19H27N5O. The Balaban J connectivity index is 1.90. The minimum atomic E-state index is -0.0956. The Kier molecular flexibility index (Phi) is 5.68. The van der Waals surface area contributed by atoms with Crippen LogP contribution in [0.2, 0.25) is 0 Å². The molecule has 0 saturated carbocycles. The average Bonchev–Trinajstić information content (AvgIpc) is 2.86. The van der Waals surface area contributed by atoms with Crippen molar-refractivity contribution in [3.63, 3.8) is 0 Å². The van der Waals surface area contributed by atoms with Gasteiger partial charge in [-0.1, -0.05) is 25.5 Å². The molecule has 1 aromatic heterocycles. The van der Waals surface area contributed by atoms with E-state index in [-0.39, 0.29) is 6.03 Å². The third-order valence-electron chi connectivity index (χ3n) is 4.69. The summed E-state index contributed by atoms with van der Waals surface area (Å²) < 4.78 is 2.20. The fourth-order valence-electron chi connectivity index (χ4n) is 3.27. The van der Waals surface area contributed by atoms with Gasteiger partial charge in [0.2, 0.25) is 0 Å². The molecular weight excluding hydrogens is 314 g/mol. The number of urea groups is 1. The van der Waals surface area contributed by atoms with Crippen molar-refractivity contribution < 1.29 is 4.79 Å². The lowest BCUT2D eigenvalue weighted by Gasteiger charge is -2.23. The smallest absolute Gasteiger partial charge is 0.322 e. The number of carbonyl (C=O) groups is 1. The molecule has 0 unspecified atom stereocenters. The van der Waals surface area contributed by atoms with Crippen molar-refractivity contribution in [2.75, 3.05) is 11.4 Å². The number of hydrogen-bond donors (Lipinski definition) is 1. The summed E-state index contributed by atoms with van der Waals surface area (Å²) in [5.41, 5.74) is 2.11. The van der Waals surface area contributed by atoms with Gasteiger partial charge in [0.05, 0.1) is 6.54 Å².